The van der Waals surface area contributed by atoms with Gasteiger partial charge in [0.25, 0.3) is 0 Å². The molecule has 2 aromatic heterocycles. The lowest BCUT2D eigenvalue weighted by molar-refractivity contribution is 0.967. The molecule has 0 radical (unpaired) electrons. The van der Waals surface area contributed by atoms with E-state index in [-0.39, 0.29) is 0 Å². The average molecular weight is 821 g/mol. The van der Waals surface area contributed by atoms with Gasteiger partial charge in [0.2, 0.25) is 0 Å². The molecule has 0 saturated carbocycles. The van der Waals surface area contributed by atoms with Crippen molar-refractivity contribution in [1.82, 2.24) is 9.13 Å². The molecule has 0 amide bonds. The molecule has 11 aromatic rings. The van der Waals surface area contributed by atoms with Crippen LogP contribution in [0.3, 0.4) is 0 Å². The van der Waals surface area contributed by atoms with E-state index in [1.54, 1.807) is 0 Å². The molecular weight excluding hydrogens is 777 g/mol. The number of hydrogen-bond acceptors (Lipinski definition) is 2. The Balaban J connectivity index is 0.847. The van der Waals surface area contributed by atoms with Crippen molar-refractivity contribution in [1.29, 1.82) is 0 Å². The van der Waals surface area contributed by atoms with Crippen molar-refractivity contribution >= 4 is 72.9 Å². The van der Waals surface area contributed by atoms with Crippen LogP contribution in [0, 0.1) is 0 Å². The number of aryl methyl sites for hydroxylation is 1. The van der Waals surface area contributed by atoms with E-state index < -0.39 is 0 Å². The van der Waals surface area contributed by atoms with Crippen molar-refractivity contribution in [3.63, 3.8) is 0 Å². The zero-order chi connectivity index (χ0) is 42.4. The number of allylic oxidation sites excluding steroid dienone is 1. The van der Waals surface area contributed by atoms with E-state index >= 15 is 0 Å². The van der Waals surface area contributed by atoms with Crippen LogP contribution in [-0.2, 0) is 6.42 Å². The van der Waals surface area contributed by atoms with Gasteiger partial charge in [-0.15, -0.1) is 0 Å². The van der Waals surface area contributed by atoms with E-state index in [2.05, 4.69) is 262 Å². The normalized spacial score (nSPS) is 12.2. The monoisotopic (exact) mass is 820 g/mol. The van der Waals surface area contributed by atoms with Gasteiger partial charge in [-0.25, -0.2) is 0 Å². The van der Waals surface area contributed by atoms with Crippen molar-refractivity contribution in [2.24, 2.45) is 0 Å². The molecule has 4 heteroatoms. The molecule has 4 nitrogen and oxygen atoms in total. The highest BCUT2D eigenvalue weighted by molar-refractivity contribution is 6.09. The summed E-state index contributed by atoms with van der Waals surface area (Å²) >= 11 is 0. The molecular formula is C60H44N4. The fourth-order valence-electron chi connectivity index (χ4n) is 9.82. The Kier molecular flexibility index (Phi) is 9.27. The third kappa shape index (κ3) is 6.47. The van der Waals surface area contributed by atoms with Gasteiger partial charge in [0, 0.05) is 67.4 Å². The van der Waals surface area contributed by atoms with Crippen molar-refractivity contribution in [2.45, 2.75) is 12.8 Å². The molecule has 0 spiro atoms. The first-order valence-corrected chi connectivity index (χ1v) is 22.2. The summed E-state index contributed by atoms with van der Waals surface area (Å²) < 4.78 is 4.78. The summed E-state index contributed by atoms with van der Waals surface area (Å²) in [6.07, 6.45) is 6.76. The smallest absolute Gasteiger partial charge is 0.0541 e. The van der Waals surface area contributed by atoms with Gasteiger partial charge in [-0.3, -0.25) is 0 Å². The third-order valence-corrected chi connectivity index (χ3v) is 12.8. The zero-order valence-electron chi connectivity index (χ0n) is 35.3. The molecule has 64 heavy (non-hydrogen) atoms. The molecule has 2 heterocycles. The largest absolute Gasteiger partial charge is 0.311 e. The average Bonchev–Trinajstić information content (AvgIpc) is 3.89. The minimum absolute atomic E-state index is 1.08. The van der Waals surface area contributed by atoms with Gasteiger partial charge < -0.3 is 18.9 Å². The van der Waals surface area contributed by atoms with Gasteiger partial charge in [-0.05, 0) is 151 Å². The SMILES string of the molecule is C1=Cc2c(c3ccccc3n2-c2ccc(N(c3ccccc3)c3ccc(-c4ccc(N(c5ccccc5)c5ccc(-n6c7ccccc7c7ccccc76)cc5)cc4)cc3)cc2)CC1. The second kappa shape index (κ2) is 15.8. The number of benzene rings is 9. The first-order valence-electron chi connectivity index (χ1n) is 22.2. The molecule has 0 saturated heterocycles. The maximum atomic E-state index is 2.42. The summed E-state index contributed by atoms with van der Waals surface area (Å²) in [6, 6.07) is 83.2. The number of anilines is 6. The van der Waals surface area contributed by atoms with Crippen LogP contribution in [-0.4, -0.2) is 9.13 Å². The van der Waals surface area contributed by atoms with Crippen LogP contribution in [0.5, 0.6) is 0 Å². The molecule has 0 N–H and O–H groups in total. The van der Waals surface area contributed by atoms with E-state index in [0.717, 1.165) is 63.8 Å². The van der Waals surface area contributed by atoms with Crippen molar-refractivity contribution in [3.8, 4) is 22.5 Å². The first kappa shape index (κ1) is 37.4. The zero-order valence-corrected chi connectivity index (χ0v) is 35.3. The minimum Gasteiger partial charge on any atom is -0.311 e. The Morgan fingerprint density at radius 2 is 0.672 bits per heavy atom. The van der Waals surface area contributed by atoms with Crippen LogP contribution in [0.1, 0.15) is 17.7 Å². The molecule has 0 fully saturated rings. The Morgan fingerprint density at radius 3 is 1.14 bits per heavy atom. The summed E-state index contributed by atoms with van der Waals surface area (Å²) in [7, 11) is 0. The van der Waals surface area contributed by atoms with E-state index in [4.69, 9.17) is 0 Å². The standard InChI is InChI=1S/C60H44N4/c1-3-15-45(16-4-1)61(49-35-39-51(40-36-49)63-57-23-11-7-19-53(57)54-20-8-12-24-58(54)63)47-31-27-43(28-32-47)44-29-33-48(34-30-44)62(46-17-5-2-6-18-46)50-37-41-52(42-38-50)64-59-25-13-9-21-55(59)56-22-10-14-26-60(56)64/h1-9,11-21,23-42H,10,22H2. The summed E-state index contributed by atoms with van der Waals surface area (Å²) in [4.78, 5) is 4.67. The number of fused-ring (bicyclic) bond motifs is 6. The number of nitrogens with zero attached hydrogens (tertiary/aromatic N) is 4. The quantitative estimate of drug-likeness (QED) is 0.144. The molecule has 9 aromatic carbocycles. The Bertz CT molecular complexity index is 3400. The van der Waals surface area contributed by atoms with Gasteiger partial charge in [0.15, 0.2) is 0 Å². The number of aromatic nitrogens is 2. The lowest BCUT2D eigenvalue weighted by atomic mass is 10.0. The minimum atomic E-state index is 1.08. The molecule has 0 aliphatic heterocycles. The highest BCUT2D eigenvalue weighted by Gasteiger charge is 2.20. The van der Waals surface area contributed by atoms with Gasteiger partial charge in [0.05, 0.1) is 16.6 Å². The second-order valence-electron chi connectivity index (χ2n) is 16.5. The molecule has 1 aliphatic rings. The van der Waals surface area contributed by atoms with Gasteiger partial charge in [0.1, 0.15) is 0 Å². The Labute approximate surface area is 373 Å². The third-order valence-electron chi connectivity index (χ3n) is 12.8. The predicted octanol–water partition coefficient (Wildman–Crippen LogP) is 16.3. The van der Waals surface area contributed by atoms with Crippen molar-refractivity contribution < 1.29 is 0 Å². The molecule has 1 aliphatic carbocycles. The number of para-hydroxylation sites is 5. The molecule has 12 rings (SSSR count). The van der Waals surface area contributed by atoms with Crippen LogP contribution >= 0.6 is 0 Å². The van der Waals surface area contributed by atoms with Crippen molar-refractivity contribution in [3.05, 3.63) is 248 Å². The fourth-order valence-corrected chi connectivity index (χ4v) is 9.82. The van der Waals surface area contributed by atoms with Gasteiger partial charge in [-0.1, -0.05) is 121 Å². The summed E-state index contributed by atoms with van der Waals surface area (Å²) in [5, 5.41) is 3.88. The Morgan fingerprint density at radius 1 is 0.312 bits per heavy atom. The van der Waals surface area contributed by atoms with Crippen LogP contribution in [0.25, 0.3) is 61.3 Å². The molecule has 0 unspecified atom stereocenters. The first-order chi connectivity index (χ1) is 31.8. The van der Waals surface area contributed by atoms with E-state index in [9.17, 15) is 0 Å². The maximum absolute atomic E-state index is 2.42. The molecule has 0 bridgehead atoms. The van der Waals surface area contributed by atoms with Crippen LogP contribution in [0.4, 0.5) is 34.1 Å². The molecule has 304 valence electrons. The van der Waals surface area contributed by atoms with Crippen LogP contribution in [0.2, 0.25) is 0 Å². The van der Waals surface area contributed by atoms with Gasteiger partial charge >= 0.3 is 0 Å². The summed E-state index contributed by atoms with van der Waals surface area (Å²) in [5.74, 6) is 0. The maximum Gasteiger partial charge on any atom is 0.0541 e. The predicted molar refractivity (Wildman–Crippen MR) is 270 cm³/mol. The lowest BCUT2D eigenvalue weighted by Gasteiger charge is -2.26. The lowest BCUT2D eigenvalue weighted by Crippen LogP contribution is -2.10. The van der Waals surface area contributed by atoms with Gasteiger partial charge in [-0.2, -0.15) is 0 Å². The highest BCUT2D eigenvalue weighted by atomic mass is 15.1. The number of rotatable bonds is 9. The summed E-state index contributed by atoms with van der Waals surface area (Å²) in [5.41, 5.74) is 17.7. The van der Waals surface area contributed by atoms with Crippen LogP contribution in [0.15, 0.2) is 237 Å². The second-order valence-corrected chi connectivity index (χ2v) is 16.5. The topological polar surface area (TPSA) is 16.3 Å². The Hall–Kier alpha value is -8.34. The molecule has 0 atom stereocenters. The number of hydrogen-bond donors (Lipinski definition) is 0. The fraction of sp³-hybridized carbons (Fsp3) is 0.0333. The van der Waals surface area contributed by atoms with Crippen LogP contribution < -0.4 is 9.80 Å². The van der Waals surface area contributed by atoms with E-state index in [1.165, 1.54) is 49.7 Å². The van der Waals surface area contributed by atoms with Crippen molar-refractivity contribution in [2.75, 3.05) is 9.80 Å². The summed E-state index contributed by atoms with van der Waals surface area (Å²) in [6.45, 7) is 0. The van der Waals surface area contributed by atoms with E-state index in [0.29, 0.717) is 0 Å². The van der Waals surface area contributed by atoms with E-state index in [1.807, 2.05) is 0 Å². The highest BCUT2D eigenvalue weighted by Crippen LogP contribution is 2.40.